The lowest BCUT2D eigenvalue weighted by Gasteiger charge is -2.16. The fraction of sp³-hybridized carbons (Fsp3) is 0.727. The van der Waals surface area contributed by atoms with Gasteiger partial charge in [0.1, 0.15) is 5.75 Å². The van der Waals surface area contributed by atoms with Crippen molar-refractivity contribution in [1.29, 1.82) is 0 Å². The average molecular weight is 667 g/mol. The first-order valence-electron chi connectivity index (χ1n) is 20.4. The molecule has 0 aromatic heterocycles. The van der Waals surface area contributed by atoms with E-state index in [0.717, 1.165) is 44.1 Å². The van der Waals surface area contributed by atoms with Crippen LogP contribution in [-0.2, 0) is 14.3 Å². The van der Waals surface area contributed by atoms with Gasteiger partial charge in [0.25, 0.3) is 0 Å². The number of carbonyl (C=O) groups excluding carboxylic acids is 2. The normalized spacial score (nSPS) is 12.2. The third-order valence-electron chi connectivity index (χ3n) is 9.23. The van der Waals surface area contributed by atoms with E-state index in [0.29, 0.717) is 18.8 Å². The summed E-state index contributed by atoms with van der Waals surface area (Å²) in [7, 11) is 0. The summed E-state index contributed by atoms with van der Waals surface area (Å²) in [4.78, 5) is 25.2. The van der Waals surface area contributed by atoms with Crippen molar-refractivity contribution < 1.29 is 19.1 Å². The first-order valence-corrected chi connectivity index (χ1v) is 20.4. The van der Waals surface area contributed by atoms with E-state index in [1.807, 2.05) is 31.2 Å². The Labute approximate surface area is 296 Å². The molecule has 0 fully saturated rings. The predicted octanol–water partition coefficient (Wildman–Crippen LogP) is 13.9. The van der Waals surface area contributed by atoms with Crippen LogP contribution >= 0.6 is 0 Å². The van der Waals surface area contributed by atoms with E-state index in [-0.39, 0.29) is 17.9 Å². The van der Waals surface area contributed by atoms with Gasteiger partial charge in [-0.3, -0.25) is 9.59 Å². The average Bonchev–Trinajstić information content (AvgIpc) is 3.09. The van der Waals surface area contributed by atoms with Crippen LogP contribution in [0.3, 0.4) is 0 Å². The monoisotopic (exact) mass is 667 g/mol. The van der Waals surface area contributed by atoms with Crippen molar-refractivity contribution in [2.75, 3.05) is 6.61 Å². The molecule has 1 aromatic rings. The highest BCUT2D eigenvalue weighted by Gasteiger charge is 2.21. The van der Waals surface area contributed by atoms with E-state index in [2.05, 4.69) is 38.2 Å². The van der Waals surface area contributed by atoms with Gasteiger partial charge in [-0.15, -0.1) is 0 Å². The molecule has 0 spiro atoms. The van der Waals surface area contributed by atoms with Gasteiger partial charge in [0, 0.05) is 6.42 Å². The van der Waals surface area contributed by atoms with Gasteiger partial charge in [-0.2, -0.15) is 0 Å². The van der Waals surface area contributed by atoms with Crippen LogP contribution in [0.25, 0.3) is 0 Å². The summed E-state index contributed by atoms with van der Waals surface area (Å²) in [6.07, 6.45) is 41.7. The molecule has 48 heavy (non-hydrogen) atoms. The number of allylic oxidation sites excluding steroid dienone is 4. The molecular formula is C44H74O4. The van der Waals surface area contributed by atoms with Crippen molar-refractivity contribution in [3.63, 3.8) is 0 Å². The number of hydrogen-bond acceptors (Lipinski definition) is 4. The van der Waals surface area contributed by atoms with Crippen LogP contribution in [-0.4, -0.2) is 18.5 Å². The fourth-order valence-corrected chi connectivity index (χ4v) is 6.20. The Morgan fingerprint density at radius 1 is 0.542 bits per heavy atom. The van der Waals surface area contributed by atoms with Crippen molar-refractivity contribution in [3.05, 3.63) is 54.1 Å². The lowest BCUT2D eigenvalue weighted by molar-refractivity contribution is -0.145. The van der Waals surface area contributed by atoms with E-state index in [1.54, 1.807) is 0 Å². The summed E-state index contributed by atoms with van der Waals surface area (Å²) in [5.74, 6) is -0.0741. The molecule has 0 bridgehead atoms. The van der Waals surface area contributed by atoms with Crippen LogP contribution in [0.1, 0.15) is 206 Å². The molecule has 0 saturated carbocycles. The maximum absolute atomic E-state index is 12.8. The van der Waals surface area contributed by atoms with Gasteiger partial charge in [0.05, 0.1) is 12.5 Å². The highest BCUT2D eigenvalue weighted by molar-refractivity contribution is 5.78. The smallest absolute Gasteiger partial charge is 0.313 e. The fourth-order valence-electron chi connectivity index (χ4n) is 6.20. The second-order valence-corrected chi connectivity index (χ2v) is 13.7. The molecule has 0 saturated heterocycles. The molecule has 0 aliphatic rings. The predicted molar refractivity (Wildman–Crippen MR) is 206 cm³/mol. The lowest BCUT2D eigenvalue weighted by atomic mass is 9.93. The molecule has 0 N–H and O–H groups in total. The standard InChI is InChI=1S/C44H74O4/c1-4-7-9-11-13-15-17-19-21-23-25-27-29-31-33-35-43(45)48-41-38-36-40(37-39-41)42(44(46)47-6-3)34-32-30-28-26-24-22-20-18-16-14-12-10-8-5-2/h19-22,36-39,42H,4-18,23-35H2,1-3H3. The number of ether oxygens (including phenoxy) is 2. The molecule has 4 nitrogen and oxygen atoms in total. The van der Waals surface area contributed by atoms with Gasteiger partial charge < -0.3 is 9.47 Å². The Morgan fingerprint density at radius 3 is 1.42 bits per heavy atom. The zero-order valence-corrected chi connectivity index (χ0v) is 31.6. The van der Waals surface area contributed by atoms with Crippen LogP contribution < -0.4 is 4.74 Å². The minimum atomic E-state index is -0.275. The number of esters is 2. The summed E-state index contributed by atoms with van der Waals surface area (Å²) in [5.41, 5.74) is 0.933. The van der Waals surface area contributed by atoms with Gasteiger partial charge in [-0.25, -0.2) is 0 Å². The van der Waals surface area contributed by atoms with Crippen molar-refractivity contribution in [1.82, 2.24) is 0 Å². The highest BCUT2D eigenvalue weighted by atomic mass is 16.5. The summed E-state index contributed by atoms with van der Waals surface area (Å²) >= 11 is 0. The molecule has 0 radical (unpaired) electrons. The van der Waals surface area contributed by atoms with Crippen LogP contribution in [0.4, 0.5) is 0 Å². The Bertz CT molecular complexity index is 932. The minimum Gasteiger partial charge on any atom is -0.466 e. The first kappa shape index (κ1) is 43.7. The molecule has 274 valence electrons. The van der Waals surface area contributed by atoms with Crippen molar-refractivity contribution in [2.24, 2.45) is 0 Å². The number of carbonyl (C=O) groups is 2. The Kier molecular flexibility index (Phi) is 30.2. The summed E-state index contributed by atoms with van der Waals surface area (Å²) < 4.78 is 11.0. The third-order valence-corrected chi connectivity index (χ3v) is 9.23. The third kappa shape index (κ3) is 25.6. The van der Waals surface area contributed by atoms with Crippen LogP contribution in [0.15, 0.2) is 48.6 Å². The second-order valence-electron chi connectivity index (χ2n) is 13.7. The van der Waals surface area contributed by atoms with Gasteiger partial charge >= 0.3 is 11.9 Å². The SMILES string of the molecule is CCCCCCCCC=CCCCCCCCC(=O)Oc1ccc(C(CCCCCCC=CCCCCCCCC)C(=O)OCC)cc1. The molecule has 1 atom stereocenters. The number of benzene rings is 1. The van der Waals surface area contributed by atoms with Crippen LogP contribution in [0.5, 0.6) is 5.75 Å². The van der Waals surface area contributed by atoms with Gasteiger partial charge in [0.15, 0.2) is 0 Å². The van der Waals surface area contributed by atoms with Gasteiger partial charge in [0.2, 0.25) is 0 Å². The molecule has 0 amide bonds. The minimum absolute atomic E-state index is 0.163. The quantitative estimate of drug-likeness (QED) is 0.0324. The van der Waals surface area contributed by atoms with E-state index in [1.165, 1.54) is 128 Å². The number of rotatable bonds is 33. The maximum atomic E-state index is 12.8. The van der Waals surface area contributed by atoms with E-state index < -0.39 is 0 Å². The van der Waals surface area contributed by atoms with Crippen molar-refractivity contribution in [3.8, 4) is 5.75 Å². The Morgan fingerprint density at radius 2 is 0.958 bits per heavy atom. The Hall–Kier alpha value is -2.36. The van der Waals surface area contributed by atoms with E-state index in [9.17, 15) is 9.59 Å². The van der Waals surface area contributed by atoms with Crippen molar-refractivity contribution in [2.45, 2.75) is 200 Å². The summed E-state index contributed by atoms with van der Waals surface area (Å²) in [6, 6.07) is 7.47. The lowest BCUT2D eigenvalue weighted by Crippen LogP contribution is -2.16. The summed E-state index contributed by atoms with van der Waals surface area (Å²) in [6.45, 7) is 6.77. The molecule has 4 heteroatoms. The highest BCUT2D eigenvalue weighted by Crippen LogP contribution is 2.27. The number of hydrogen-bond donors (Lipinski definition) is 0. The van der Waals surface area contributed by atoms with Gasteiger partial charge in [-0.1, -0.05) is 153 Å². The Balaban J connectivity index is 2.21. The molecule has 1 rings (SSSR count). The summed E-state index contributed by atoms with van der Waals surface area (Å²) in [5, 5.41) is 0. The van der Waals surface area contributed by atoms with Crippen LogP contribution in [0, 0.1) is 0 Å². The zero-order chi connectivity index (χ0) is 34.8. The van der Waals surface area contributed by atoms with Crippen LogP contribution in [0.2, 0.25) is 0 Å². The van der Waals surface area contributed by atoms with Gasteiger partial charge in [-0.05, 0) is 88.8 Å². The molecule has 0 heterocycles. The number of unbranched alkanes of at least 4 members (excludes halogenated alkanes) is 21. The van der Waals surface area contributed by atoms with E-state index in [4.69, 9.17) is 9.47 Å². The van der Waals surface area contributed by atoms with Crippen molar-refractivity contribution >= 4 is 11.9 Å². The molecule has 0 aliphatic carbocycles. The van der Waals surface area contributed by atoms with E-state index >= 15 is 0 Å². The molecule has 1 aromatic carbocycles. The molecule has 1 unspecified atom stereocenters. The zero-order valence-electron chi connectivity index (χ0n) is 31.6. The molecular weight excluding hydrogens is 592 g/mol. The first-order chi connectivity index (χ1) is 23.6. The topological polar surface area (TPSA) is 52.6 Å². The maximum Gasteiger partial charge on any atom is 0.313 e. The largest absolute Gasteiger partial charge is 0.466 e. The second kappa shape index (κ2) is 33.2. The molecule has 0 aliphatic heterocycles.